The molecule has 1 fully saturated rings. The lowest BCUT2D eigenvalue weighted by molar-refractivity contribution is 0.0822. The first-order valence-corrected chi connectivity index (χ1v) is 7.15. The van der Waals surface area contributed by atoms with Crippen LogP contribution in [0.15, 0.2) is 54.6 Å². The Morgan fingerprint density at radius 1 is 1.00 bits per heavy atom. The van der Waals surface area contributed by atoms with Crippen LogP contribution in [-0.2, 0) is 5.54 Å². The summed E-state index contributed by atoms with van der Waals surface area (Å²) in [4.78, 5) is 12.5. The molecule has 1 amide bonds. The van der Waals surface area contributed by atoms with Crippen molar-refractivity contribution < 1.29 is 4.79 Å². The zero-order valence-electron chi connectivity index (χ0n) is 11.7. The Labute approximate surface area is 119 Å². The number of benzene rings is 2. The van der Waals surface area contributed by atoms with Crippen LogP contribution in [-0.4, -0.2) is 5.91 Å². The standard InChI is InChI=1S/C18H19NO/c1-14-8-5-6-11-16(14)17(20)19-18(12-7-13-18)15-9-3-2-4-10-15/h2-6,8-11H,7,12-13H2,1H3,(H,19,20). The zero-order valence-corrected chi connectivity index (χ0v) is 11.7. The SMILES string of the molecule is Cc1ccccc1C(=O)NC1(c2ccccc2)CCC1. The fourth-order valence-electron chi connectivity index (χ4n) is 2.89. The van der Waals surface area contributed by atoms with Crippen molar-refractivity contribution in [1.82, 2.24) is 5.32 Å². The van der Waals surface area contributed by atoms with E-state index in [0.29, 0.717) is 0 Å². The lowest BCUT2D eigenvalue weighted by Crippen LogP contribution is -2.50. The largest absolute Gasteiger partial charge is 0.343 e. The van der Waals surface area contributed by atoms with E-state index in [9.17, 15) is 4.79 Å². The van der Waals surface area contributed by atoms with Gasteiger partial charge in [0.25, 0.3) is 5.91 Å². The van der Waals surface area contributed by atoms with Crippen LogP contribution in [0.5, 0.6) is 0 Å². The van der Waals surface area contributed by atoms with E-state index < -0.39 is 0 Å². The Morgan fingerprint density at radius 3 is 2.25 bits per heavy atom. The van der Waals surface area contributed by atoms with Gasteiger partial charge in [-0.05, 0) is 43.4 Å². The molecule has 1 saturated carbocycles. The van der Waals surface area contributed by atoms with Crippen molar-refractivity contribution in [2.75, 3.05) is 0 Å². The van der Waals surface area contributed by atoms with Gasteiger partial charge < -0.3 is 5.32 Å². The summed E-state index contributed by atoms with van der Waals surface area (Å²) in [5, 5.41) is 3.26. The Bertz CT molecular complexity index is 614. The molecule has 1 aliphatic carbocycles. The van der Waals surface area contributed by atoms with Gasteiger partial charge in [0.2, 0.25) is 0 Å². The van der Waals surface area contributed by atoms with E-state index in [2.05, 4.69) is 17.4 Å². The molecule has 0 unspecified atom stereocenters. The molecule has 2 heteroatoms. The second-order valence-electron chi connectivity index (χ2n) is 5.57. The van der Waals surface area contributed by atoms with Gasteiger partial charge in [-0.3, -0.25) is 4.79 Å². The van der Waals surface area contributed by atoms with Gasteiger partial charge in [0, 0.05) is 5.56 Å². The molecular weight excluding hydrogens is 246 g/mol. The average Bonchev–Trinajstić information content (AvgIpc) is 2.44. The van der Waals surface area contributed by atoms with Gasteiger partial charge in [0.05, 0.1) is 5.54 Å². The first kappa shape index (κ1) is 12.9. The predicted molar refractivity (Wildman–Crippen MR) is 80.6 cm³/mol. The van der Waals surface area contributed by atoms with Crippen LogP contribution in [0.4, 0.5) is 0 Å². The third-order valence-corrected chi connectivity index (χ3v) is 4.28. The lowest BCUT2D eigenvalue weighted by atomic mass is 9.71. The van der Waals surface area contributed by atoms with E-state index >= 15 is 0 Å². The normalized spacial score (nSPS) is 16.2. The summed E-state index contributed by atoms with van der Waals surface area (Å²) in [6.45, 7) is 1.98. The predicted octanol–water partition coefficient (Wildman–Crippen LogP) is 3.80. The number of hydrogen-bond acceptors (Lipinski definition) is 1. The Balaban J connectivity index is 1.86. The van der Waals surface area contributed by atoms with Crippen molar-refractivity contribution in [2.45, 2.75) is 31.7 Å². The van der Waals surface area contributed by atoms with Gasteiger partial charge in [-0.25, -0.2) is 0 Å². The molecule has 20 heavy (non-hydrogen) atoms. The second-order valence-corrected chi connectivity index (χ2v) is 5.57. The highest BCUT2D eigenvalue weighted by Gasteiger charge is 2.40. The van der Waals surface area contributed by atoms with Crippen molar-refractivity contribution in [2.24, 2.45) is 0 Å². The van der Waals surface area contributed by atoms with Gasteiger partial charge in [-0.2, -0.15) is 0 Å². The number of aryl methyl sites for hydroxylation is 1. The monoisotopic (exact) mass is 265 g/mol. The molecule has 3 rings (SSSR count). The average molecular weight is 265 g/mol. The molecule has 1 aliphatic rings. The molecule has 0 bridgehead atoms. The van der Waals surface area contributed by atoms with Crippen LogP contribution < -0.4 is 5.32 Å². The Kier molecular flexibility index (Phi) is 3.31. The topological polar surface area (TPSA) is 29.1 Å². The summed E-state index contributed by atoms with van der Waals surface area (Å²) in [6, 6.07) is 18.0. The van der Waals surface area contributed by atoms with Crippen LogP contribution in [0.3, 0.4) is 0 Å². The fourth-order valence-corrected chi connectivity index (χ4v) is 2.89. The van der Waals surface area contributed by atoms with Crippen LogP contribution in [0.2, 0.25) is 0 Å². The number of carbonyl (C=O) groups is 1. The highest BCUT2D eigenvalue weighted by atomic mass is 16.1. The molecule has 0 spiro atoms. The summed E-state index contributed by atoms with van der Waals surface area (Å²) in [6.07, 6.45) is 3.21. The van der Waals surface area contributed by atoms with Crippen LogP contribution in [0.1, 0.15) is 40.7 Å². The van der Waals surface area contributed by atoms with E-state index in [-0.39, 0.29) is 11.4 Å². The minimum absolute atomic E-state index is 0.0339. The Morgan fingerprint density at radius 2 is 1.65 bits per heavy atom. The molecule has 0 atom stereocenters. The molecule has 0 aliphatic heterocycles. The summed E-state index contributed by atoms with van der Waals surface area (Å²) in [5.74, 6) is 0.0339. The van der Waals surface area contributed by atoms with Crippen molar-refractivity contribution in [3.05, 3.63) is 71.3 Å². The summed E-state index contributed by atoms with van der Waals surface area (Å²) in [5.41, 5.74) is 2.84. The minimum Gasteiger partial charge on any atom is -0.343 e. The third kappa shape index (κ3) is 2.22. The van der Waals surface area contributed by atoms with E-state index in [1.54, 1.807) is 0 Å². The summed E-state index contributed by atoms with van der Waals surface area (Å²) < 4.78 is 0. The van der Waals surface area contributed by atoms with Crippen LogP contribution in [0.25, 0.3) is 0 Å². The number of nitrogens with one attached hydrogen (secondary N) is 1. The minimum atomic E-state index is -0.166. The number of hydrogen-bond donors (Lipinski definition) is 1. The highest BCUT2D eigenvalue weighted by Crippen LogP contribution is 2.41. The van der Waals surface area contributed by atoms with E-state index in [1.807, 2.05) is 49.4 Å². The van der Waals surface area contributed by atoms with Gasteiger partial charge in [0.15, 0.2) is 0 Å². The van der Waals surface area contributed by atoms with E-state index in [4.69, 9.17) is 0 Å². The number of carbonyl (C=O) groups excluding carboxylic acids is 1. The quantitative estimate of drug-likeness (QED) is 0.898. The van der Waals surface area contributed by atoms with Gasteiger partial charge in [-0.1, -0.05) is 48.5 Å². The Hall–Kier alpha value is -2.09. The third-order valence-electron chi connectivity index (χ3n) is 4.28. The van der Waals surface area contributed by atoms with E-state index in [0.717, 1.165) is 24.0 Å². The molecule has 0 radical (unpaired) electrons. The molecule has 102 valence electrons. The lowest BCUT2D eigenvalue weighted by Gasteiger charge is -2.43. The van der Waals surface area contributed by atoms with Crippen molar-refractivity contribution in [1.29, 1.82) is 0 Å². The number of rotatable bonds is 3. The molecule has 0 aromatic heterocycles. The molecule has 2 aromatic rings. The molecule has 1 N–H and O–H groups in total. The highest BCUT2D eigenvalue weighted by molar-refractivity contribution is 5.96. The second kappa shape index (κ2) is 5.12. The van der Waals surface area contributed by atoms with Gasteiger partial charge in [-0.15, -0.1) is 0 Å². The molecule has 2 nitrogen and oxygen atoms in total. The maximum absolute atomic E-state index is 12.5. The molecule has 2 aromatic carbocycles. The maximum atomic E-state index is 12.5. The van der Waals surface area contributed by atoms with Gasteiger partial charge in [0.1, 0.15) is 0 Å². The summed E-state index contributed by atoms with van der Waals surface area (Å²) >= 11 is 0. The molecule has 0 heterocycles. The maximum Gasteiger partial charge on any atom is 0.252 e. The van der Waals surface area contributed by atoms with Gasteiger partial charge >= 0.3 is 0 Å². The van der Waals surface area contributed by atoms with Crippen molar-refractivity contribution in [3.63, 3.8) is 0 Å². The zero-order chi connectivity index (χ0) is 14.0. The van der Waals surface area contributed by atoms with Crippen molar-refractivity contribution in [3.8, 4) is 0 Å². The first-order chi connectivity index (χ1) is 9.71. The fraction of sp³-hybridized carbons (Fsp3) is 0.278. The first-order valence-electron chi connectivity index (χ1n) is 7.15. The van der Waals surface area contributed by atoms with E-state index in [1.165, 1.54) is 12.0 Å². The van der Waals surface area contributed by atoms with Crippen LogP contribution in [0, 0.1) is 6.92 Å². The molecular formula is C18H19NO. The van der Waals surface area contributed by atoms with Crippen molar-refractivity contribution >= 4 is 5.91 Å². The smallest absolute Gasteiger partial charge is 0.252 e. The number of amides is 1. The summed E-state index contributed by atoms with van der Waals surface area (Å²) in [7, 11) is 0. The molecule has 0 saturated heterocycles. The van der Waals surface area contributed by atoms with Crippen LogP contribution >= 0.6 is 0 Å².